The van der Waals surface area contributed by atoms with Crippen molar-refractivity contribution in [2.24, 2.45) is 5.41 Å². The third-order valence-corrected chi connectivity index (χ3v) is 6.65. The van der Waals surface area contributed by atoms with Gasteiger partial charge in [0.05, 0.1) is 6.10 Å². The molecule has 6 heteroatoms. The number of carbonyl (C=O) groups excluding carboxylic acids is 2. The van der Waals surface area contributed by atoms with Gasteiger partial charge in [0.2, 0.25) is 12.3 Å². The van der Waals surface area contributed by atoms with E-state index in [0.29, 0.717) is 13.0 Å². The predicted molar refractivity (Wildman–Crippen MR) is 146 cm³/mol. The van der Waals surface area contributed by atoms with Crippen LogP contribution in [0.1, 0.15) is 52.5 Å². The van der Waals surface area contributed by atoms with Gasteiger partial charge in [-0.1, -0.05) is 75.4 Å². The molecule has 198 valence electrons. The summed E-state index contributed by atoms with van der Waals surface area (Å²) in [5.41, 5.74) is 3.79. The molecule has 2 aromatic rings. The molecule has 0 saturated carbocycles. The summed E-state index contributed by atoms with van der Waals surface area (Å²) in [7, 11) is 3.42. The zero-order valence-corrected chi connectivity index (χ0v) is 22.8. The van der Waals surface area contributed by atoms with Gasteiger partial charge in [0.1, 0.15) is 6.04 Å². The van der Waals surface area contributed by atoms with Gasteiger partial charge in [0.25, 0.3) is 0 Å². The number of amides is 2. The van der Waals surface area contributed by atoms with Crippen LogP contribution in [0.2, 0.25) is 0 Å². The van der Waals surface area contributed by atoms with Crippen LogP contribution in [0.4, 0.5) is 0 Å². The van der Waals surface area contributed by atoms with E-state index in [1.807, 2.05) is 27.7 Å². The fraction of sp³-hybridized carbons (Fsp3) is 0.533. The van der Waals surface area contributed by atoms with Gasteiger partial charge in [-0.25, -0.2) is 0 Å². The van der Waals surface area contributed by atoms with Gasteiger partial charge in [0.15, 0.2) is 0 Å². The molecule has 36 heavy (non-hydrogen) atoms. The highest BCUT2D eigenvalue weighted by Gasteiger charge is 2.39. The Bertz CT molecular complexity index is 926. The SMILES string of the molecule is COC1CC(C)N(C(=O)[C@@H](NC=O)C(C)(C)C)C1.COCCCCc1ccccc1-c1ccccc1. The Morgan fingerprint density at radius 2 is 1.75 bits per heavy atom. The van der Waals surface area contributed by atoms with E-state index in [1.165, 1.54) is 23.1 Å². The van der Waals surface area contributed by atoms with Crippen molar-refractivity contribution in [1.29, 1.82) is 0 Å². The largest absolute Gasteiger partial charge is 0.385 e. The van der Waals surface area contributed by atoms with Crippen LogP contribution in [0, 0.1) is 5.41 Å². The molecule has 3 atom stereocenters. The maximum absolute atomic E-state index is 12.5. The zero-order chi connectivity index (χ0) is 26.6. The minimum atomic E-state index is -0.493. The Morgan fingerprint density at radius 1 is 1.08 bits per heavy atom. The number of nitrogens with zero attached hydrogens (tertiary/aromatic N) is 1. The van der Waals surface area contributed by atoms with Crippen molar-refractivity contribution >= 4 is 12.3 Å². The van der Waals surface area contributed by atoms with Gasteiger partial charge >= 0.3 is 0 Å². The molecule has 0 aromatic heterocycles. The molecule has 0 spiro atoms. The molecule has 0 bridgehead atoms. The zero-order valence-electron chi connectivity index (χ0n) is 22.8. The molecule has 1 heterocycles. The van der Waals surface area contributed by atoms with E-state index in [4.69, 9.17) is 9.47 Å². The average molecular weight is 497 g/mol. The van der Waals surface area contributed by atoms with Crippen LogP contribution < -0.4 is 5.32 Å². The van der Waals surface area contributed by atoms with E-state index in [2.05, 4.69) is 59.9 Å². The molecular weight excluding hydrogens is 452 g/mol. The van der Waals surface area contributed by atoms with Gasteiger partial charge in [-0.2, -0.15) is 0 Å². The molecule has 0 radical (unpaired) electrons. The summed E-state index contributed by atoms with van der Waals surface area (Å²) in [6, 6.07) is 18.9. The van der Waals surface area contributed by atoms with Crippen LogP contribution in [-0.4, -0.2) is 62.8 Å². The monoisotopic (exact) mass is 496 g/mol. The minimum absolute atomic E-state index is 0.0262. The van der Waals surface area contributed by atoms with Gasteiger partial charge in [-0.15, -0.1) is 0 Å². The second-order valence-corrected chi connectivity index (χ2v) is 10.5. The summed E-state index contributed by atoms with van der Waals surface area (Å²) in [6.07, 6.45) is 4.97. The molecule has 1 aliphatic heterocycles. The van der Waals surface area contributed by atoms with Crippen LogP contribution in [0.3, 0.4) is 0 Å². The van der Waals surface area contributed by atoms with Crippen molar-refractivity contribution in [2.75, 3.05) is 27.4 Å². The van der Waals surface area contributed by atoms with Crippen LogP contribution in [0.5, 0.6) is 0 Å². The molecule has 1 N–H and O–H groups in total. The summed E-state index contributed by atoms with van der Waals surface area (Å²) < 4.78 is 10.4. The lowest BCUT2D eigenvalue weighted by Crippen LogP contribution is -2.53. The van der Waals surface area contributed by atoms with Gasteiger partial charge < -0.3 is 19.7 Å². The molecule has 2 amide bonds. The summed E-state index contributed by atoms with van der Waals surface area (Å²) in [6.45, 7) is 9.30. The van der Waals surface area contributed by atoms with Crippen molar-refractivity contribution in [2.45, 2.75) is 71.6 Å². The molecule has 2 unspecified atom stereocenters. The lowest BCUT2D eigenvalue weighted by Gasteiger charge is -2.34. The fourth-order valence-corrected chi connectivity index (χ4v) is 4.58. The Balaban J connectivity index is 0.000000254. The number of rotatable bonds is 10. The standard InChI is InChI=1S/C17H20O.C13H24N2O3/c1-18-14-8-7-12-16-11-5-6-13-17(16)15-9-3-2-4-10-15;1-9-6-10(18-5)7-15(9)12(17)11(14-8-16)13(2,3)4/h2-6,9-11,13H,7-8,12,14H2,1H3;8-11H,6-7H2,1-5H3,(H,14,16)/t;9?,10?,11-/m.1/s1. The van der Waals surface area contributed by atoms with E-state index < -0.39 is 6.04 Å². The topological polar surface area (TPSA) is 67.9 Å². The Morgan fingerprint density at radius 3 is 2.33 bits per heavy atom. The van der Waals surface area contributed by atoms with E-state index >= 15 is 0 Å². The first-order valence-electron chi connectivity index (χ1n) is 12.9. The molecule has 2 aromatic carbocycles. The van der Waals surface area contributed by atoms with Crippen molar-refractivity contribution in [3.63, 3.8) is 0 Å². The number of unbranched alkanes of at least 4 members (excludes halogenated alkanes) is 1. The molecule has 1 aliphatic rings. The second-order valence-electron chi connectivity index (χ2n) is 10.5. The van der Waals surface area contributed by atoms with Gasteiger partial charge in [-0.05, 0) is 54.7 Å². The average Bonchev–Trinajstić information content (AvgIpc) is 3.26. The van der Waals surface area contributed by atoms with E-state index in [1.54, 1.807) is 19.1 Å². The van der Waals surface area contributed by atoms with E-state index in [0.717, 1.165) is 25.9 Å². The fourth-order valence-electron chi connectivity index (χ4n) is 4.58. The molecule has 0 aliphatic carbocycles. The molecule has 3 rings (SSSR count). The normalized spacial score (nSPS) is 18.2. The predicted octanol–water partition coefficient (Wildman–Crippen LogP) is 5.11. The molecular formula is C30H44N2O4. The number of aryl methyl sites for hydroxylation is 1. The quantitative estimate of drug-likeness (QED) is 0.367. The molecule has 6 nitrogen and oxygen atoms in total. The summed E-state index contributed by atoms with van der Waals surface area (Å²) in [5.74, 6) is -0.0262. The molecule has 1 fully saturated rings. The minimum Gasteiger partial charge on any atom is -0.385 e. The smallest absolute Gasteiger partial charge is 0.246 e. The maximum atomic E-state index is 12.5. The van der Waals surface area contributed by atoms with Crippen LogP contribution >= 0.6 is 0 Å². The highest BCUT2D eigenvalue weighted by molar-refractivity contribution is 5.85. The van der Waals surface area contributed by atoms with Crippen LogP contribution in [0.15, 0.2) is 54.6 Å². The first-order valence-corrected chi connectivity index (χ1v) is 12.9. The second kappa shape index (κ2) is 14.8. The third kappa shape index (κ3) is 8.75. The Kier molecular flexibility index (Phi) is 12.1. The van der Waals surface area contributed by atoms with Gasteiger partial charge in [0, 0.05) is 33.4 Å². The summed E-state index contributed by atoms with van der Waals surface area (Å²) >= 11 is 0. The highest BCUT2D eigenvalue weighted by Crippen LogP contribution is 2.26. The number of hydrogen-bond donors (Lipinski definition) is 1. The van der Waals surface area contributed by atoms with Crippen LogP contribution in [-0.2, 0) is 25.5 Å². The lowest BCUT2D eigenvalue weighted by atomic mass is 9.86. The van der Waals surface area contributed by atoms with Crippen molar-refractivity contribution < 1.29 is 19.1 Å². The van der Waals surface area contributed by atoms with E-state index in [-0.39, 0.29) is 23.5 Å². The van der Waals surface area contributed by atoms with Crippen molar-refractivity contribution in [3.8, 4) is 11.1 Å². The number of carbonyl (C=O) groups is 2. The summed E-state index contributed by atoms with van der Waals surface area (Å²) in [4.78, 5) is 25.0. The van der Waals surface area contributed by atoms with Crippen molar-refractivity contribution in [3.05, 3.63) is 60.2 Å². The number of methoxy groups -OCH3 is 2. The Labute approximate surface area is 217 Å². The summed E-state index contributed by atoms with van der Waals surface area (Å²) in [5, 5.41) is 2.64. The number of benzene rings is 2. The first-order chi connectivity index (χ1) is 17.2. The Hall–Kier alpha value is -2.70. The molecule has 1 saturated heterocycles. The number of likely N-dealkylation sites (tertiary alicyclic amines) is 1. The van der Waals surface area contributed by atoms with Gasteiger partial charge in [-0.3, -0.25) is 9.59 Å². The first kappa shape index (κ1) is 29.5. The highest BCUT2D eigenvalue weighted by atomic mass is 16.5. The third-order valence-electron chi connectivity index (χ3n) is 6.65. The maximum Gasteiger partial charge on any atom is 0.246 e. The number of nitrogens with one attached hydrogen (secondary N) is 1. The lowest BCUT2D eigenvalue weighted by molar-refractivity contribution is -0.138. The van der Waals surface area contributed by atoms with Crippen LogP contribution in [0.25, 0.3) is 11.1 Å². The number of ether oxygens (including phenoxy) is 2. The van der Waals surface area contributed by atoms with E-state index in [9.17, 15) is 9.59 Å². The number of hydrogen-bond acceptors (Lipinski definition) is 4. The van der Waals surface area contributed by atoms with Crippen molar-refractivity contribution in [1.82, 2.24) is 10.2 Å².